The number of rotatable bonds is 5. The summed E-state index contributed by atoms with van der Waals surface area (Å²) in [5, 5.41) is 0.721. The second-order valence-electron chi connectivity index (χ2n) is 15.1. The summed E-state index contributed by atoms with van der Waals surface area (Å²) in [6.45, 7) is 3.72. The van der Waals surface area contributed by atoms with Gasteiger partial charge in [0.15, 0.2) is 6.29 Å². The van der Waals surface area contributed by atoms with Crippen LogP contribution in [0, 0.1) is 17.8 Å². The molecule has 2 aliphatic heterocycles. The Kier molecular flexibility index (Phi) is 10.6. The number of aromatic nitrogens is 1. The van der Waals surface area contributed by atoms with Crippen LogP contribution in [-0.2, 0) is 38.3 Å². The summed E-state index contributed by atoms with van der Waals surface area (Å²) in [4.78, 5) is 41.4. The van der Waals surface area contributed by atoms with Gasteiger partial charge in [0.2, 0.25) is 0 Å². The molecule has 282 valence electrons. The molecular formula is C40H47ClN4O7S. The maximum atomic E-state index is 14.7. The van der Waals surface area contributed by atoms with Crippen molar-refractivity contribution in [1.82, 2.24) is 9.29 Å². The summed E-state index contributed by atoms with van der Waals surface area (Å²) in [5.74, 6) is -0.786. The minimum absolute atomic E-state index is 0.124. The van der Waals surface area contributed by atoms with Crippen LogP contribution in [0.25, 0.3) is 0 Å². The number of amides is 2. The average molecular weight is 763 g/mol. The second-order valence-corrected chi connectivity index (χ2v) is 17.5. The molecule has 11 nitrogen and oxygen atoms in total. The second kappa shape index (κ2) is 15.0. The van der Waals surface area contributed by atoms with E-state index in [1.165, 1.54) is 28.0 Å². The van der Waals surface area contributed by atoms with E-state index in [-0.39, 0.29) is 40.0 Å². The van der Waals surface area contributed by atoms with Crippen LogP contribution in [0.5, 0.6) is 5.75 Å². The average Bonchev–Trinajstić information content (AvgIpc) is 3.44. The Labute approximate surface area is 316 Å². The molecule has 7 rings (SSSR count). The number of nitrogens with zero attached hydrogens (tertiary/aromatic N) is 3. The minimum Gasteiger partial charge on any atom is -0.490 e. The van der Waals surface area contributed by atoms with E-state index < -0.39 is 33.8 Å². The molecule has 1 aromatic heterocycles. The van der Waals surface area contributed by atoms with Crippen LogP contribution in [0.15, 0.2) is 65.2 Å². The Morgan fingerprint density at radius 1 is 1.11 bits per heavy atom. The lowest BCUT2D eigenvalue weighted by Crippen LogP contribution is -2.49. The standard InChI is InChI=1S/C40H47ClN4O7S/c1-25-22-53(49,43-39(48)29-17-31(21-46)44(2)19-29)42-38(47)27-8-12-37-34(18-27)45(20-28-7-10-32(28)36(51-4)14-13-35(25)50-3)23-40(24-52-37)15-5-6-26-16-30(41)9-11-33(26)40/h8-9,11-14,16-19,21,25,28,32,35-36H,5-7,10,15,20,22-24H2,1-4H3,(H,42,43,47,48,49)/b14-13+/t25-,28+,32-,35+,36+,40+,53?/m1/s1. The molecule has 7 atom stereocenters. The van der Waals surface area contributed by atoms with Gasteiger partial charge in [-0.15, -0.1) is 4.36 Å². The summed E-state index contributed by atoms with van der Waals surface area (Å²) < 4.78 is 41.6. The van der Waals surface area contributed by atoms with Crippen LogP contribution in [0.1, 0.15) is 74.9 Å². The molecule has 1 fully saturated rings. The van der Waals surface area contributed by atoms with Crippen LogP contribution >= 0.6 is 11.6 Å². The third-order valence-corrected chi connectivity index (χ3v) is 13.8. The van der Waals surface area contributed by atoms with Gasteiger partial charge in [-0.2, -0.15) is 0 Å². The first kappa shape index (κ1) is 37.3. The van der Waals surface area contributed by atoms with Gasteiger partial charge in [-0.3, -0.25) is 19.1 Å². The van der Waals surface area contributed by atoms with E-state index in [2.05, 4.69) is 26.1 Å². The van der Waals surface area contributed by atoms with Crippen molar-refractivity contribution in [1.29, 1.82) is 0 Å². The zero-order chi connectivity index (χ0) is 37.5. The zero-order valence-electron chi connectivity index (χ0n) is 30.6. The smallest absolute Gasteiger partial charge is 0.286 e. The number of hydrogen-bond acceptors (Lipinski definition) is 8. The molecule has 3 heterocycles. The summed E-state index contributed by atoms with van der Waals surface area (Å²) in [6, 6.07) is 12.8. The number of benzene rings is 2. The molecule has 2 amide bonds. The lowest BCUT2D eigenvalue weighted by atomic mass is 9.68. The number of ether oxygens (including phenoxy) is 3. The fourth-order valence-corrected chi connectivity index (χ4v) is 10.7. The predicted octanol–water partition coefficient (Wildman–Crippen LogP) is 6.18. The maximum Gasteiger partial charge on any atom is 0.286 e. The van der Waals surface area contributed by atoms with Crippen molar-refractivity contribution < 1.29 is 32.8 Å². The molecule has 2 bridgehead atoms. The number of carbonyl (C=O) groups excluding carboxylic acids is 3. The number of aldehydes is 1. The van der Waals surface area contributed by atoms with Crippen LogP contribution in [0.3, 0.4) is 0 Å². The van der Waals surface area contributed by atoms with Gasteiger partial charge in [-0.05, 0) is 97.4 Å². The van der Waals surface area contributed by atoms with Crippen molar-refractivity contribution in [3.8, 4) is 5.75 Å². The number of fused-ring (bicyclic) bond motifs is 4. The summed E-state index contributed by atoms with van der Waals surface area (Å²) in [5.41, 5.74) is 3.60. The first-order valence-electron chi connectivity index (χ1n) is 18.2. The number of anilines is 1. The van der Waals surface area contributed by atoms with Crippen molar-refractivity contribution in [3.63, 3.8) is 0 Å². The van der Waals surface area contributed by atoms with E-state index in [0.717, 1.165) is 49.4 Å². The molecule has 1 N–H and O–H groups in total. The Bertz CT molecular complexity index is 2070. The number of nitrogens with one attached hydrogen (secondary N) is 1. The largest absolute Gasteiger partial charge is 0.490 e. The lowest BCUT2D eigenvalue weighted by Gasteiger charge is -2.46. The van der Waals surface area contributed by atoms with Gasteiger partial charge in [-0.1, -0.05) is 36.7 Å². The number of aryl methyl sites for hydroxylation is 2. The van der Waals surface area contributed by atoms with E-state index in [4.69, 9.17) is 25.8 Å². The highest BCUT2D eigenvalue weighted by Crippen LogP contribution is 2.47. The molecule has 0 saturated heterocycles. The highest BCUT2D eigenvalue weighted by molar-refractivity contribution is 7.92. The van der Waals surface area contributed by atoms with Crippen LogP contribution in [0.2, 0.25) is 5.02 Å². The predicted molar refractivity (Wildman–Crippen MR) is 204 cm³/mol. The SMILES string of the molecule is CO[C@H]1/C=C/[C@H](OC)[C@H](C)CS(=O)(NC(=O)c2cc(C=O)n(C)c2)=NC(=O)c2ccc3c(c2)N(C[C@@H]2CC[C@H]21)C[C@@]1(CCCc2cc(Cl)ccc21)CO3. The quantitative estimate of drug-likeness (QED) is 0.241. The van der Waals surface area contributed by atoms with Gasteiger partial charge in [0, 0.05) is 56.6 Å². The third kappa shape index (κ3) is 7.43. The normalized spacial score (nSPS) is 30.5. The van der Waals surface area contributed by atoms with Gasteiger partial charge in [0.1, 0.15) is 15.7 Å². The van der Waals surface area contributed by atoms with E-state index in [1.54, 1.807) is 39.5 Å². The van der Waals surface area contributed by atoms with Crippen molar-refractivity contribution in [3.05, 3.63) is 93.8 Å². The Morgan fingerprint density at radius 3 is 2.62 bits per heavy atom. The molecular weight excluding hydrogens is 716 g/mol. The highest BCUT2D eigenvalue weighted by Gasteiger charge is 2.44. The third-order valence-electron chi connectivity index (χ3n) is 11.6. The zero-order valence-corrected chi connectivity index (χ0v) is 32.2. The van der Waals surface area contributed by atoms with Crippen LogP contribution < -0.4 is 14.4 Å². The van der Waals surface area contributed by atoms with Crippen molar-refractivity contribution in [2.45, 2.75) is 56.7 Å². The van der Waals surface area contributed by atoms with E-state index >= 15 is 0 Å². The van der Waals surface area contributed by atoms with Crippen LogP contribution in [0.4, 0.5) is 5.69 Å². The van der Waals surface area contributed by atoms with Crippen molar-refractivity contribution in [2.75, 3.05) is 44.6 Å². The molecule has 4 aliphatic rings. The summed E-state index contributed by atoms with van der Waals surface area (Å²) in [6.07, 6.45) is 10.3. The molecule has 1 spiro atoms. The molecule has 3 aromatic rings. The number of methoxy groups -OCH3 is 2. The molecule has 0 radical (unpaired) electrons. The lowest BCUT2D eigenvalue weighted by molar-refractivity contribution is 0.0120. The van der Waals surface area contributed by atoms with Crippen molar-refractivity contribution in [2.24, 2.45) is 29.2 Å². The monoisotopic (exact) mass is 762 g/mol. The van der Waals surface area contributed by atoms with Gasteiger partial charge in [-0.25, -0.2) is 4.21 Å². The van der Waals surface area contributed by atoms with E-state index in [9.17, 15) is 18.6 Å². The molecule has 2 aliphatic carbocycles. The molecule has 1 unspecified atom stereocenters. The van der Waals surface area contributed by atoms with Gasteiger partial charge >= 0.3 is 0 Å². The summed E-state index contributed by atoms with van der Waals surface area (Å²) >= 11 is 6.46. The van der Waals surface area contributed by atoms with Crippen molar-refractivity contribution >= 4 is 45.3 Å². The van der Waals surface area contributed by atoms with E-state index in [1.807, 2.05) is 25.1 Å². The molecule has 13 heteroatoms. The number of carbonyl (C=O) groups is 3. The van der Waals surface area contributed by atoms with Gasteiger partial charge in [0.25, 0.3) is 11.8 Å². The topological polar surface area (TPSA) is 129 Å². The molecule has 53 heavy (non-hydrogen) atoms. The maximum absolute atomic E-state index is 14.7. The minimum atomic E-state index is -3.72. The first-order chi connectivity index (χ1) is 25.4. The Hall–Kier alpha value is -3.97. The van der Waals surface area contributed by atoms with E-state index in [0.29, 0.717) is 31.1 Å². The molecule has 2 aromatic carbocycles. The Morgan fingerprint density at radius 2 is 1.91 bits per heavy atom. The van der Waals surface area contributed by atoms with Gasteiger partial charge in [0.05, 0.1) is 41.5 Å². The fraction of sp³-hybridized carbons (Fsp3) is 0.475. The highest BCUT2D eigenvalue weighted by atomic mass is 35.5. The Balaban J connectivity index is 1.32. The first-order valence-corrected chi connectivity index (χ1v) is 20.3. The van der Waals surface area contributed by atoms with Gasteiger partial charge < -0.3 is 23.7 Å². The van der Waals surface area contributed by atoms with Crippen LogP contribution in [-0.4, -0.2) is 78.8 Å². The number of halogens is 1. The molecule has 1 saturated carbocycles. The fourth-order valence-electron chi connectivity index (χ4n) is 8.67. The summed E-state index contributed by atoms with van der Waals surface area (Å²) in [7, 11) is 1.21. The number of hydrogen-bond donors (Lipinski definition) is 1.